The Morgan fingerprint density at radius 3 is 1.77 bits per heavy atom. The Morgan fingerprint density at radius 2 is 1.54 bits per heavy atom. The van der Waals surface area contributed by atoms with Crippen molar-refractivity contribution in [3.05, 3.63) is 35.9 Å². The Hall–Kier alpha value is -0.860. The van der Waals surface area contributed by atoms with Crippen LogP contribution in [0.4, 0.5) is 0 Å². The Balaban J connectivity index is 0. The van der Waals surface area contributed by atoms with Gasteiger partial charge in [0.2, 0.25) is 0 Å². The zero-order valence-electron chi connectivity index (χ0n) is 8.62. The van der Waals surface area contributed by atoms with Crippen LogP contribution in [0.25, 0.3) is 0 Å². The van der Waals surface area contributed by atoms with Gasteiger partial charge in [0.05, 0.1) is 0 Å². The number of aliphatic hydroxyl groups is 1. The summed E-state index contributed by atoms with van der Waals surface area (Å²) in [6.07, 6.45) is 0. The lowest BCUT2D eigenvalue weighted by molar-refractivity contribution is 0.318. The average Bonchev–Trinajstić information content (AvgIpc) is 2.07. The molecule has 13 heavy (non-hydrogen) atoms. The highest BCUT2D eigenvalue weighted by molar-refractivity contribution is 5.17. The number of benzene rings is 1. The van der Waals surface area contributed by atoms with Crippen LogP contribution in [0.15, 0.2) is 30.3 Å². The molecule has 0 amide bonds. The van der Waals surface area contributed by atoms with E-state index in [2.05, 4.69) is 38.1 Å². The lowest BCUT2D eigenvalue weighted by Crippen LogP contribution is -1.83. The van der Waals surface area contributed by atoms with Gasteiger partial charge in [0.25, 0.3) is 0 Å². The van der Waals surface area contributed by atoms with Gasteiger partial charge >= 0.3 is 0 Å². The van der Waals surface area contributed by atoms with Crippen LogP contribution in [0.3, 0.4) is 0 Å². The molecule has 0 heterocycles. The molecule has 1 aromatic carbocycles. The van der Waals surface area contributed by atoms with Crippen molar-refractivity contribution < 1.29 is 10.6 Å². The molecule has 0 aliphatic carbocycles. The van der Waals surface area contributed by atoms with Gasteiger partial charge < -0.3 is 10.6 Å². The van der Waals surface area contributed by atoms with Gasteiger partial charge in [-0.1, -0.05) is 44.2 Å². The topological polar surface area (TPSA) is 51.7 Å². The maximum Gasteiger partial charge on any atom is 0.0402 e. The molecule has 0 aromatic heterocycles. The fourth-order valence-electron chi connectivity index (χ4n) is 0.838. The molecule has 0 saturated carbocycles. The van der Waals surface area contributed by atoms with Crippen LogP contribution >= 0.6 is 0 Å². The predicted molar refractivity (Wildman–Crippen MR) is 56.9 cm³/mol. The van der Waals surface area contributed by atoms with Crippen LogP contribution in [0.1, 0.15) is 32.3 Å². The van der Waals surface area contributed by atoms with Gasteiger partial charge in [-0.05, 0) is 18.4 Å². The van der Waals surface area contributed by atoms with E-state index in [9.17, 15) is 0 Å². The third kappa shape index (κ3) is 7.50. The zero-order chi connectivity index (χ0) is 9.40. The highest BCUT2D eigenvalue weighted by atomic mass is 16.2. The Morgan fingerprint density at radius 1 is 1.15 bits per heavy atom. The maximum absolute atomic E-state index is 7.57. The molecule has 0 fully saturated rings. The van der Waals surface area contributed by atoms with E-state index in [4.69, 9.17) is 5.11 Å². The van der Waals surface area contributed by atoms with Crippen molar-refractivity contribution >= 4 is 0 Å². The standard InChI is InChI=1S/C9H12.C2H6O.H2O/c1-8(2)9-6-4-3-5-7-9;1-2-3;/h3-8H,1-2H3;3H,2H2,1H3;1H2. The second kappa shape index (κ2) is 9.23. The highest BCUT2D eigenvalue weighted by Crippen LogP contribution is 2.11. The van der Waals surface area contributed by atoms with Gasteiger partial charge in [-0.2, -0.15) is 0 Å². The van der Waals surface area contributed by atoms with E-state index in [0.29, 0.717) is 5.92 Å². The number of aliphatic hydroxyl groups excluding tert-OH is 1. The van der Waals surface area contributed by atoms with E-state index in [-0.39, 0.29) is 12.1 Å². The zero-order valence-corrected chi connectivity index (χ0v) is 8.62. The summed E-state index contributed by atoms with van der Waals surface area (Å²) in [6, 6.07) is 10.5. The van der Waals surface area contributed by atoms with Crippen molar-refractivity contribution in [2.45, 2.75) is 26.7 Å². The molecule has 0 aliphatic heterocycles. The molecule has 2 heteroatoms. The lowest BCUT2D eigenvalue weighted by atomic mass is 10.0. The van der Waals surface area contributed by atoms with Crippen LogP contribution in [-0.4, -0.2) is 17.2 Å². The monoisotopic (exact) mass is 184 g/mol. The van der Waals surface area contributed by atoms with E-state index in [1.54, 1.807) is 6.92 Å². The van der Waals surface area contributed by atoms with Gasteiger partial charge in [-0.25, -0.2) is 0 Å². The predicted octanol–water partition coefficient (Wildman–Crippen LogP) is 1.98. The highest BCUT2D eigenvalue weighted by Gasteiger charge is 1.93. The molecule has 0 aliphatic rings. The average molecular weight is 184 g/mol. The third-order valence-electron chi connectivity index (χ3n) is 1.47. The van der Waals surface area contributed by atoms with Crippen LogP contribution in [0.5, 0.6) is 0 Å². The second-order valence-corrected chi connectivity index (χ2v) is 2.88. The molecular weight excluding hydrogens is 164 g/mol. The molecule has 0 saturated heterocycles. The summed E-state index contributed by atoms with van der Waals surface area (Å²) < 4.78 is 0. The molecule has 1 rings (SSSR count). The first-order valence-corrected chi connectivity index (χ1v) is 4.38. The summed E-state index contributed by atoms with van der Waals surface area (Å²) >= 11 is 0. The normalized spacial score (nSPS) is 8.38. The number of hydrogen-bond donors (Lipinski definition) is 1. The Labute approximate surface area is 80.5 Å². The minimum absolute atomic E-state index is 0. The molecule has 0 unspecified atom stereocenters. The maximum atomic E-state index is 7.57. The fraction of sp³-hybridized carbons (Fsp3) is 0.455. The van der Waals surface area contributed by atoms with Gasteiger partial charge in [-0.15, -0.1) is 0 Å². The van der Waals surface area contributed by atoms with Crippen molar-refractivity contribution in [3.63, 3.8) is 0 Å². The van der Waals surface area contributed by atoms with Gasteiger partial charge in [0.1, 0.15) is 0 Å². The largest absolute Gasteiger partial charge is 0.412 e. The van der Waals surface area contributed by atoms with Crippen molar-refractivity contribution in [2.75, 3.05) is 6.61 Å². The van der Waals surface area contributed by atoms with E-state index < -0.39 is 0 Å². The minimum atomic E-state index is 0. The van der Waals surface area contributed by atoms with Crippen molar-refractivity contribution in [2.24, 2.45) is 0 Å². The minimum Gasteiger partial charge on any atom is -0.412 e. The van der Waals surface area contributed by atoms with E-state index in [0.717, 1.165) is 0 Å². The molecular formula is C11H20O2. The summed E-state index contributed by atoms with van der Waals surface area (Å²) in [5.74, 6) is 0.659. The second-order valence-electron chi connectivity index (χ2n) is 2.88. The molecule has 0 atom stereocenters. The quantitative estimate of drug-likeness (QED) is 0.713. The van der Waals surface area contributed by atoms with E-state index >= 15 is 0 Å². The summed E-state index contributed by atoms with van der Waals surface area (Å²) in [5, 5.41) is 7.57. The van der Waals surface area contributed by atoms with Crippen LogP contribution < -0.4 is 0 Å². The first-order chi connectivity index (χ1) is 5.72. The lowest BCUT2D eigenvalue weighted by Gasteiger charge is -2.01. The summed E-state index contributed by atoms with van der Waals surface area (Å²) in [5.41, 5.74) is 1.41. The molecule has 1 aromatic rings. The van der Waals surface area contributed by atoms with Crippen molar-refractivity contribution in [3.8, 4) is 0 Å². The van der Waals surface area contributed by atoms with Crippen LogP contribution in [0.2, 0.25) is 0 Å². The van der Waals surface area contributed by atoms with Crippen molar-refractivity contribution in [1.82, 2.24) is 0 Å². The molecule has 0 spiro atoms. The molecule has 0 bridgehead atoms. The molecule has 2 nitrogen and oxygen atoms in total. The van der Waals surface area contributed by atoms with E-state index in [1.807, 2.05) is 6.07 Å². The Kier molecular flexibility index (Phi) is 10.4. The Bertz CT molecular complexity index is 183. The van der Waals surface area contributed by atoms with Gasteiger partial charge in [0.15, 0.2) is 0 Å². The smallest absolute Gasteiger partial charge is 0.0402 e. The van der Waals surface area contributed by atoms with Gasteiger partial charge in [-0.3, -0.25) is 0 Å². The number of hydrogen-bond acceptors (Lipinski definition) is 1. The number of rotatable bonds is 1. The SMILES string of the molecule is CC(C)c1ccccc1.CCO.O. The van der Waals surface area contributed by atoms with Crippen LogP contribution in [0, 0.1) is 0 Å². The first-order valence-electron chi connectivity index (χ1n) is 4.38. The van der Waals surface area contributed by atoms with Crippen LogP contribution in [-0.2, 0) is 0 Å². The van der Waals surface area contributed by atoms with Gasteiger partial charge in [0, 0.05) is 6.61 Å². The fourth-order valence-corrected chi connectivity index (χ4v) is 0.838. The molecule has 3 N–H and O–H groups in total. The van der Waals surface area contributed by atoms with Crippen molar-refractivity contribution in [1.29, 1.82) is 0 Å². The third-order valence-corrected chi connectivity index (χ3v) is 1.47. The molecule has 76 valence electrons. The summed E-state index contributed by atoms with van der Waals surface area (Å²) in [4.78, 5) is 0. The first kappa shape index (κ1) is 14.7. The van der Waals surface area contributed by atoms with E-state index in [1.165, 1.54) is 5.56 Å². The molecule has 0 radical (unpaired) electrons. The summed E-state index contributed by atoms with van der Waals surface area (Å²) in [7, 11) is 0. The summed E-state index contributed by atoms with van der Waals surface area (Å²) in [6.45, 7) is 6.34.